The van der Waals surface area contributed by atoms with E-state index in [0.29, 0.717) is 44.2 Å². The van der Waals surface area contributed by atoms with E-state index in [1.807, 2.05) is 0 Å². The molecule has 202 valence electrons. The summed E-state index contributed by atoms with van der Waals surface area (Å²) in [7, 11) is -6.00. The zero-order chi connectivity index (χ0) is 26.6. The lowest BCUT2D eigenvalue weighted by atomic mass is 9.97. The van der Waals surface area contributed by atoms with E-state index in [4.69, 9.17) is 21.1 Å². The number of carbonyl (C=O) groups excluding carboxylic acids is 1. The molecule has 2 fully saturated rings. The molecule has 2 saturated heterocycles. The second kappa shape index (κ2) is 11.7. The predicted molar refractivity (Wildman–Crippen MR) is 137 cm³/mol. The summed E-state index contributed by atoms with van der Waals surface area (Å²) in [4.78, 5) is 13.0. The Bertz CT molecular complexity index is 1320. The van der Waals surface area contributed by atoms with Gasteiger partial charge in [0.1, 0.15) is 10.6 Å². The highest BCUT2D eigenvalue weighted by Gasteiger charge is 2.34. The Kier molecular flexibility index (Phi) is 8.77. The molecular formula is C24H30ClN3O7S2. The van der Waals surface area contributed by atoms with E-state index in [2.05, 4.69) is 5.32 Å². The van der Waals surface area contributed by atoms with E-state index in [-0.39, 0.29) is 47.0 Å². The smallest absolute Gasteiger partial charge is 0.246 e. The van der Waals surface area contributed by atoms with Crippen molar-refractivity contribution in [2.24, 2.45) is 5.92 Å². The molecular weight excluding hydrogens is 542 g/mol. The zero-order valence-corrected chi connectivity index (χ0v) is 22.8. The monoisotopic (exact) mass is 571 g/mol. The summed E-state index contributed by atoms with van der Waals surface area (Å²) in [5.41, 5.74) is 0.766. The molecule has 0 atom stereocenters. The van der Waals surface area contributed by atoms with Crippen molar-refractivity contribution >= 4 is 37.6 Å². The van der Waals surface area contributed by atoms with Crippen LogP contribution in [0.5, 0.6) is 5.75 Å². The van der Waals surface area contributed by atoms with Gasteiger partial charge in [-0.25, -0.2) is 16.8 Å². The number of ether oxygens (including phenoxy) is 2. The van der Waals surface area contributed by atoms with Crippen molar-refractivity contribution in [2.75, 3.05) is 46.5 Å². The van der Waals surface area contributed by atoms with Crippen molar-refractivity contribution in [2.45, 2.75) is 29.2 Å². The van der Waals surface area contributed by atoms with E-state index in [1.165, 1.54) is 27.9 Å². The number of rotatable bonds is 8. The molecule has 2 aliphatic rings. The first kappa shape index (κ1) is 27.8. The summed E-state index contributed by atoms with van der Waals surface area (Å²) >= 11 is 6.01. The second-order valence-electron chi connectivity index (χ2n) is 8.85. The van der Waals surface area contributed by atoms with Gasteiger partial charge in [-0.05, 0) is 48.7 Å². The minimum absolute atomic E-state index is 0.00415. The van der Waals surface area contributed by atoms with Crippen LogP contribution in [-0.2, 0) is 36.1 Å². The maximum absolute atomic E-state index is 13.1. The Hall–Kier alpha value is -2.22. The summed E-state index contributed by atoms with van der Waals surface area (Å²) in [6.45, 7) is 2.05. The van der Waals surface area contributed by atoms with E-state index in [0.717, 1.165) is 5.56 Å². The van der Waals surface area contributed by atoms with Gasteiger partial charge >= 0.3 is 0 Å². The standard InChI is InChI=1S/C24H30ClN3O7S2/c1-34-22-7-4-20(25)16-23(22)37(32,33)27-10-8-19(9-11-27)24(29)26-17-18-2-5-21(6-3-18)36(30,31)28-12-14-35-15-13-28/h2-7,16,19H,8-15,17H2,1H3,(H,26,29). The molecule has 0 bridgehead atoms. The van der Waals surface area contributed by atoms with Crippen molar-refractivity contribution in [1.29, 1.82) is 0 Å². The molecule has 37 heavy (non-hydrogen) atoms. The fourth-order valence-electron chi connectivity index (χ4n) is 4.40. The van der Waals surface area contributed by atoms with Crippen LogP contribution < -0.4 is 10.1 Å². The van der Waals surface area contributed by atoms with Crippen LogP contribution in [0.25, 0.3) is 0 Å². The fraction of sp³-hybridized carbons (Fsp3) is 0.458. The number of hydrogen-bond donors (Lipinski definition) is 1. The number of hydrogen-bond acceptors (Lipinski definition) is 7. The third-order valence-corrected chi connectivity index (χ3v) is 10.6. The molecule has 2 heterocycles. The van der Waals surface area contributed by atoms with Gasteiger partial charge in [0.15, 0.2) is 0 Å². The van der Waals surface area contributed by atoms with Gasteiger partial charge in [-0.2, -0.15) is 8.61 Å². The van der Waals surface area contributed by atoms with Crippen molar-refractivity contribution in [3.05, 3.63) is 53.1 Å². The Morgan fingerprint density at radius 2 is 1.59 bits per heavy atom. The molecule has 1 N–H and O–H groups in total. The van der Waals surface area contributed by atoms with Gasteiger partial charge in [0.25, 0.3) is 0 Å². The molecule has 0 spiro atoms. The van der Waals surface area contributed by atoms with Crippen molar-refractivity contribution in [3.8, 4) is 5.75 Å². The van der Waals surface area contributed by atoms with Crippen molar-refractivity contribution in [3.63, 3.8) is 0 Å². The molecule has 4 rings (SSSR count). The summed E-state index contributed by atoms with van der Waals surface area (Å²) < 4.78 is 65.0. The Labute approximate surface area is 222 Å². The zero-order valence-electron chi connectivity index (χ0n) is 20.4. The molecule has 0 aliphatic carbocycles. The summed E-state index contributed by atoms with van der Waals surface area (Å²) in [6, 6.07) is 10.9. The van der Waals surface area contributed by atoms with E-state index >= 15 is 0 Å². The van der Waals surface area contributed by atoms with Crippen LogP contribution in [0.4, 0.5) is 0 Å². The highest BCUT2D eigenvalue weighted by Crippen LogP contribution is 2.32. The number of sulfonamides is 2. The van der Waals surface area contributed by atoms with Crippen LogP contribution in [0.3, 0.4) is 0 Å². The van der Waals surface area contributed by atoms with Crippen LogP contribution in [-0.4, -0.2) is 77.9 Å². The SMILES string of the molecule is COc1ccc(Cl)cc1S(=O)(=O)N1CCC(C(=O)NCc2ccc(S(=O)(=O)N3CCOCC3)cc2)CC1. The Morgan fingerprint density at radius 3 is 2.22 bits per heavy atom. The number of benzene rings is 2. The fourth-order valence-corrected chi connectivity index (χ4v) is 7.69. The predicted octanol–water partition coefficient (Wildman–Crippen LogP) is 2.09. The molecule has 10 nitrogen and oxygen atoms in total. The van der Waals surface area contributed by atoms with Gasteiger partial charge in [-0.1, -0.05) is 23.7 Å². The first-order valence-corrected chi connectivity index (χ1v) is 15.2. The van der Waals surface area contributed by atoms with Gasteiger partial charge in [-0.3, -0.25) is 4.79 Å². The highest BCUT2D eigenvalue weighted by atomic mass is 35.5. The number of piperidine rings is 1. The largest absolute Gasteiger partial charge is 0.495 e. The lowest BCUT2D eigenvalue weighted by Crippen LogP contribution is -2.43. The second-order valence-corrected chi connectivity index (χ2v) is 13.1. The first-order valence-electron chi connectivity index (χ1n) is 11.9. The number of methoxy groups -OCH3 is 1. The minimum Gasteiger partial charge on any atom is -0.495 e. The summed E-state index contributed by atoms with van der Waals surface area (Å²) in [5.74, 6) is -0.274. The molecule has 0 unspecified atom stereocenters. The number of halogens is 1. The average Bonchev–Trinajstić information content (AvgIpc) is 2.92. The Balaban J connectivity index is 1.31. The van der Waals surface area contributed by atoms with E-state index in [9.17, 15) is 21.6 Å². The normalized spacial score (nSPS) is 18.4. The van der Waals surface area contributed by atoms with Crippen molar-refractivity contribution < 1.29 is 31.1 Å². The van der Waals surface area contributed by atoms with Crippen molar-refractivity contribution in [1.82, 2.24) is 13.9 Å². The molecule has 2 aromatic rings. The lowest BCUT2D eigenvalue weighted by Gasteiger charge is -2.31. The maximum atomic E-state index is 13.1. The summed E-state index contributed by atoms with van der Waals surface area (Å²) in [6.07, 6.45) is 0.759. The highest BCUT2D eigenvalue weighted by molar-refractivity contribution is 7.89. The third-order valence-electron chi connectivity index (χ3n) is 6.57. The van der Waals surface area contributed by atoms with E-state index in [1.54, 1.807) is 30.3 Å². The third kappa shape index (κ3) is 6.27. The number of amides is 1. The molecule has 1 amide bonds. The minimum atomic E-state index is -3.82. The van der Waals surface area contributed by atoms with Crippen LogP contribution >= 0.6 is 11.6 Å². The molecule has 0 radical (unpaired) electrons. The van der Waals surface area contributed by atoms with Crippen LogP contribution in [0, 0.1) is 5.92 Å². The molecule has 2 aliphatic heterocycles. The van der Waals surface area contributed by atoms with Gasteiger partial charge < -0.3 is 14.8 Å². The summed E-state index contributed by atoms with van der Waals surface area (Å²) in [5, 5.41) is 3.17. The number of morpholine rings is 1. The topological polar surface area (TPSA) is 122 Å². The molecule has 0 saturated carbocycles. The quantitative estimate of drug-likeness (QED) is 0.515. The van der Waals surface area contributed by atoms with Crippen LogP contribution in [0.15, 0.2) is 52.3 Å². The van der Waals surface area contributed by atoms with Gasteiger partial charge in [0, 0.05) is 43.7 Å². The van der Waals surface area contributed by atoms with Gasteiger partial charge in [-0.15, -0.1) is 0 Å². The number of carbonyl (C=O) groups is 1. The van der Waals surface area contributed by atoms with Crippen LogP contribution in [0.2, 0.25) is 5.02 Å². The van der Waals surface area contributed by atoms with Gasteiger partial charge in [0.05, 0.1) is 25.2 Å². The maximum Gasteiger partial charge on any atom is 0.246 e. The van der Waals surface area contributed by atoms with Crippen LogP contribution in [0.1, 0.15) is 18.4 Å². The van der Waals surface area contributed by atoms with Gasteiger partial charge in [0.2, 0.25) is 26.0 Å². The average molecular weight is 572 g/mol. The number of nitrogens with zero attached hydrogens (tertiary/aromatic N) is 2. The Morgan fingerprint density at radius 1 is 0.973 bits per heavy atom. The molecule has 2 aromatic carbocycles. The number of nitrogens with one attached hydrogen (secondary N) is 1. The first-order chi connectivity index (χ1) is 17.6. The van der Waals surface area contributed by atoms with E-state index < -0.39 is 20.0 Å². The lowest BCUT2D eigenvalue weighted by molar-refractivity contribution is -0.126. The molecule has 13 heteroatoms. The molecule has 0 aromatic heterocycles.